The van der Waals surface area contributed by atoms with Crippen LogP contribution in [0.4, 0.5) is 5.69 Å². The normalized spacial score (nSPS) is 18.5. The third-order valence-electron chi connectivity index (χ3n) is 2.32. The van der Waals surface area contributed by atoms with Crippen molar-refractivity contribution < 1.29 is 0 Å². The van der Waals surface area contributed by atoms with Gasteiger partial charge in [-0.05, 0) is 49.4 Å². The molecule has 1 aromatic rings. The highest BCUT2D eigenvalue weighted by atomic mass is 32.1. The van der Waals surface area contributed by atoms with Gasteiger partial charge in [-0.25, -0.2) is 0 Å². The molecule has 0 bridgehead atoms. The predicted molar refractivity (Wildman–Crippen MR) is 59.4 cm³/mol. The number of rotatable bonds is 0. The number of fused-ring (bicyclic) bond motifs is 1. The van der Waals surface area contributed by atoms with E-state index in [1.54, 1.807) is 0 Å². The summed E-state index contributed by atoms with van der Waals surface area (Å²) in [5.41, 5.74) is 2.46. The Labute approximate surface area is 84.3 Å². The van der Waals surface area contributed by atoms with E-state index >= 15 is 0 Å². The van der Waals surface area contributed by atoms with Gasteiger partial charge in [-0.1, -0.05) is 0 Å². The molecule has 13 heavy (non-hydrogen) atoms. The number of hydrogen-bond acceptors (Lipinski definition) is 2. The second kappa shape index (κ2) is 3.97. The van der Waals surface area contributed by atoms with Gasteiger partial charge in [0, 0.05) is 11.1 Å². The lowest BCUT2D eigenvalue weighted by Gasteiger charge is -2.08. The minimum atomic E-state index is 1.04. The summed E-state index contributed by atoms with van der Waals surface area (Å²) in [5.74, 6) is 0. The summed E-state index contributed by atoms with van der Waals surface area (Å²) < 4.78 is 0. The Balaban J connectivity index is 2.40. The molecule has 1 aliphatic heterocycles. The Morgan fingerprint density at radius 3 is 3.08 bits per heavy atom. The molecular formula is C11H13NS. The Hall–Kier alpha value is -0.760. The van der Waals surface area contributed by atoms with Crippen molar-refractivity contribution in [3.05, 3.63) is 23.8 Å². The zero-order valence-corrected chi connectivity index (χ0v) is 8.43. The summed E-state index contributed by atoms with van der Waals surface area (Å²) in [4.78, 5) is 5.47. The number of thiol groups is 1. The minimum absolute atomic E-state index is 1.04. The van der Waals surface area contributed by atoms with Crippen molar-refractivity contribution in [2.45, 2.75) is 30.6 Å². The van der Waals surface area contributed by atoms with E-state index in [1.807, 2.05) is 12.3 Å². The first kappa shape index (κ1) is 8.82. The van der Waals surface area contributed by atoms with Crippen molar-refractivity contribution in [3.63, 3.8) is 0 Å². The summed E-state index contributed by atoms with van der Waals surface area (Å²) in [6.07, 6.45) is 6.79. The summed E-state index contributed by atoms with van der Waals surface area (Å²) in [6.45, 7) is 0. The summed E-state index contributed by atoms with van der Waals surface area (Å²) >= 11 is 4.33. The van der Waals surface area contributed by atoms with Crippen LogP contribution in [0.3, 0.4) is 0 Å². The molecule has 68 valence electrons. The highest BCUT2D eigenvalue weighted by Gasteiger charge is 2.03. The van der Waals surface area contributed by atoms with Crippen LogP contribution in [-0.4, -0.2) is 6.21 Å². The summed E-state index contributed by atoms with van der Waals surface area (Å²) in [7, 11) is 0. The molecule has 1 aromatic carbocycles. The fourth-order valence-electron chi connectivity index (χ4n) is 1.61. The van der Waals surface area contributed by atoms with Crippen LogP contribution in [0.2, 0.25) is 0 Å². The van der Waals surface area contributed by atoms with Crippen molar-refractivity contribution in [2.24, 2.45) is 4.99 Å². The Morgan fingerprint density at radius 1 is 1.23 bits per heavy atom. The predicted octanol–water partition coefficient (Wildman–Crippen LogP) is 3.40. The Kier molecular flexibility index (Phi) is 2.69. The van der Waals surface area contributed by atoms with Gasteiger partial charge < -0.3 is 0 Å². The smallest absolute Gasteiger partial charge is 0.0658 e. The minimum Gasteiger partial charge on any atom is -0.261 e. The van der Waals surface area contributed by atoms with Gasteiger partial charge in [0.2, 0.25) is 0 Å². The van der Waals surface area contributed by atoms with Crippen molar-refractivity contribution in [3.8, 4) is 0 Å². The Morgan fingerprint density at radius 2 is 2.15 bits per heavy atom. The molecule has 1 nitrogen and oxygen atoms in total. The van der Waals surface area contributed by atoms with Gasteiger partial charge in [-0.3, -0.25) is 4.99 Å². The molecular weight excluding hydrogens is 178 g/mol. The number of nitrogens with zero attached hydrogens (tertiary/aromatic N) is 1. The first-order chi connectivity index (χ1) is 6.36. The Bertz CT molecular complexity index is 331. The van der Waals surface area contributed by atoms with Crippen molar-refractivity contribution in [2.75, 3.05) is 0 Å². The maximum absolute atomic E-state index is 4.43. The van der Waals surface area contributed by atoms with Crippen LogP contribution in [0.5, 0.6) is 0 Å². The largest absolute Gasteiger partial charge is 0.261 e. The van der Waals surface area contributed by atoms with Gasteiger partial charge in [-0.15, -0.1) is 12.6 Å². The molecule has 0 fully saturated rings. The third kappa shape index (κ3) is 2.13. The van der Waals surface area contributed by atoms with Crippen molar-refractivity contribution in [1.29, 1.82) is 0 Å². The lowest BCUT2D eigenvalue weighted by molar-refractivity contribution is 0.760. The fourth-order valence-corrected chi connectivity index (χ4v) is 1.84. The van der Waals surface area contributed by atoms with E-state index in [0.717, 1.165) is 23.4 Å². The van der Waals surface area contributed by atoms with Crippen LogP contribution in [0.1, 0.15) is 24.8 Å². The molecule has 0 N–H and O–H groups in total. The second-order valence-corrected chi connectivity index (χ2v) is 3.89. The van der Waals surface area contributed by atoms with Crippen molar-refractivity contribution in [1.82, 2.24) is 0 Å². The zero-order valence-electron chi connectivity index (χ0n) is 7.53. The van der Waals surface area contributed by atoms with E-state index in [1.165, 1.54) is 18.4 Å². The van der Waals surface area contributed by atoms with Gasteiger partial charge in [0.05, 0.1) is 5.69 Å². The molecule has 1 heterocycles. The van der Waals surface area contributed by atoms with Crippen LogP contribution >= 0.6 is 12.6 Å². The maximum Gasteiger partial charge on any atom is 0.0658 e. The number of hydrogen-bond donors (Lipinski definition) is 1. The monoisotopic (exact) mass is 191 g/mol. The summed E-state index contributed by atoms with van der Waals surface area (Å²) in [6, 6.07) is 6.18. The number of aryl methyl sites for hydroxylation is 1. The van der Waals surface area contributed by atoms with Gasteiger partial charge in [-0.2, -0.15) is 0 Å². The lowest BCUT2D eigenvalue weighted by Crippen LogP contribution is -1.91. The summed E-state index contributed by atoms with van der Waals surface area (Å²) in [5, 5.41) is 0. The molecule has 0 spiro atoms. The molecule has 0 saturated carbocycles. The quantitative estimate of drug-likeness (QED) is 0.603. The topological polar surface area (TPSA) is 12.4 Å². The SMILES string of the molecule is Sc1ccc2c(c1)CCCC/C=N\2. The first-order valence-electron chi connectivity index (χ1n) is 4.71. The first-order valence-corrected chi connectivity index (χ1v) is 5.15. The van der Waals surface area contributed by atoms with Crippen LogP contribution in [0, 0.1) is 0 Å². The number of aliphatic imine (C=N–C) groups is 1. The van der Waals surface area contributed by atoms with Gasteiger partial charge in [0.1, 0.15) is 0 Å². The molecule has 2 rings (SSSR count). The zero-order chi connectivity index (χ0) is 9.10. The highest BCUT2D eigenvalue weighted by molar-refractivity contribution is 7.80. The average Bonchev–Trinajstić information content (AvgIpc) is 2.08. The van der Waals surface area contributed by atoms with E-state index in [0.29, 0.717) is 0 Å². The molecule has 0 unspecified atom stereocenters. The lowest BCUT2D eigenvalue weighted by atomic mass is 10.0. The van der Waals surface area contributed by atoms with E-state index in [-0.39, 0.29) is 0 Å². The van der Waals surface area contributed by atoms with E-state index in [2.05, 4.69) is 29.8 Å². The molecule has 1 aliphatic rings. The van der Waals surface area contributed by atoms with E-state index in [4.69, 9.17) is 0 Å². The van der Waals surface area contributed by atoms with Crippen molar-refractivity contribution >= 4 is 24.5 Å². The van der Waals surface area contributed by atoms with Gasteiger partial charge in [0.15, 0.2) is 0 Å². The van der Waals surface area contributed by atoms with Crippen LogP contribution < -0.4 is 0 Å². The molecule has 0 radical (unpaired) electrons. The molecule has 0 aromatic heterocycles. The molecule has 2 heteroatoms. The van der Waals surface area contributed by atoms with Gasteiger partial charge in [0.25, 0.3) is 0 Å². The fraction of sp³-hybridized carbons (Fsp3) is 0.364. The third-order valence-corrected chi connectivity index (χ3v) is 2.60. The molecule has 0 aliphatic carbocycles. The highest BCUT2D eigenvalue weighted by Crippen LogP contribution is 2.25. The average molecular weight is 191 g/mol. The molecule has 0 atom stereocenters. The standard InChI is InChI=1S/C11H13NS/c13-10-5-6-11-9(8-10)4-2-1-3-7-12-11/h5-8,13H,1-4H2/b12-7-. The maximum atomic E-state index is 4.43. The van der Waals surface area contributed by atoms with E-state index < -0.39 is 0 Å². The van der Waals surface area contributed by atoms with Crippen LogP contribution in [-0.2, 0) is 6.42 Å². The van der Waals surface area contributed by atoms with Crippen LogP contribution in [0.15, 0.2) is 28.1 Å². The molecule has 0 amide bonds. The van der Waals surface area contributed by atoms with Gasteiger partial charge >= 0.3 is 0 Å². The number of benzene rings is 1. The second-order valence-electron chi connectivity index (χ2n) is 3.37. The van der Waals surface area contributed by atoms with Crippen LogP contribution in [0.25, 0.3) is 0 Å². The molecule has 0 saturated heterocycles. The van der Waals surface area contributed by atoms with E-state index in [9.17, 15) is 0 Å².